The molecule has 28 heavy (non-hydrogen) atoms. The maximum atomic E-state index is 12.7. The van der Waals surface area contributed by atoms with Crippen molar-refractivity contribution in [3.8, 4) is 5.75 Å². The Kier molecular flexibility index (Phi) is 4.87. The Morgan fingerprint density at radius 2 is 1.96 bits per heavy atom. The zero-order chi connectivity index (χ0) is 19.7. The largest absolute Gasteiger partial charge is 0.497 e. The lowest BCUT2D eigenvalue weighted by atomic mass is 9.77. The molecule has 6 nitrogen and oxygen atoms in total. The number of aryl methyl sites for hydroxylation is 1. The number of rotatable bonds is 4. The van der Waals surface area contributed by atoms with Gasteiger partial charge in [0.15, 0.2) is 0 Å². The molecule has 2 aromatic rings. The summed E-state index contributed by atoms with van der Waals surface area (Å²) in [5.41, 5.74) is 1.81. The van der Waals surface area contributed by atoms with Crippen molar-refractivity contribution in [1.29, 1.82) is 0 Å². The van der Waals surface area contributed by atoms with Crippen molar-refractivity contribution in [3.05, 3.63) is 53.9 Å². The summed E-state index contributed by atoms with van der Waals surface area (Å²) in [7, 11) is 3.55. The first-order valence-electron chi connectivity index (χ1n) is 9.81. The van der Waals surface area contributed by atoms with Gasteiger partial charge in [0.05, 0.1) is 7.11 Å². The number of piperidine rings is 1. The van der Waals surface area contributed by atoms with Gasteiger partial charge in [-0.05, 0) is 42.7 Å². The van der Waals surface area contributed by atoms with E-state index in [1.54, 1.807) is 7.11 Å². The molecule has 0 radical (unpaired) electrons. The van der Waals surface area contributed by atoms with Gasteiger partial charge < -0.3 is 19.1 Å². The Hall–Kier alpha value is -2.76. The van der Waals surface area contributed by atoms with E-state index >= 15 is 0 Å². The fourth-order valence-corrected chi connectivity index (χ4v) is 4.48. The van der Waals surface area contributed by atoms with Crippen LogP contribution in [0.15, 0.2) is 42.6 Å². The molecular formula is C22H27N3O3. The summed E-state index contributed by atoms with van der Waals surface area (Å²) in [6, 6.07) is 11.6. The zero-order valence-corrected chi connectivity index (χ0v) is 16.6. The van der Waals surface area contributed by atoms with Crippen LogP contribution in [0, 0.1) is 5.41 Å². The van der Waals surface area contributed by atoms with Gasteiger partial charge in [-0.3, -0.25) is 9.59 Å². The van der Waals surface area contributed by atoms with Gasteiger partial charge in [0.2, 0.25) is 5.91 Å². The van der Waals surface area contributed by atoms with E-state index in [0.29, 0.717) is 26.1 Å². The van der Waals surface area contributed by atoms with Crippen molar-refractivity contribution in [3.63, 3.8) is 0 Å². The molecule has 0 saturated carbocycles. The van der Waals surface area contributed by atoms with E-state index in [2.05, 4.69) is 0 Å². The minimum absolute atomic E-state index is 0.000931. The first-order chi connectivity index (χ1) is 13.5. The fraction of sp³-hybridized carbons (Fsp3) is 0.455. The van der Waals surface area contributed by atoms with Gasteiger partial charge in [-0.2, -0.15) is 0 Å². The van der Waals surface area contributed by atoms with E-state index in [4.69, 9.17) is 4.74 Å². The number of carbonyl (C=O) groups excluding carboxylic acids is 2. The summed E-state index contributed by atoms with van der Waals surface area (Å²) >= 11 is 0. The summed E-state index contributed by atoms with van der Waals surface area (Å²) in [6.07, 6.45) is 4.24. The molecule has 2 aliphatic rings. The predicted octanol–water partition coefficient (Wildman–Crippen LogP) is 2.69. The van der Waals surface area contributed by atoms with Crippen molar-refractivity contribution < 1.29 is 14.3 Å². The summed E-state index contributed by atoms with van der Waals surface area (Å²) < 4.78 is 7.15. The molecule has 0 unspecified atom stereocenters. The van der Waals surface area contributed by atoms with Crippen LogP contribution in [0.3, 0.4) is 0 Å². The molecule has 3 heterocycles. The van der Waals surface area contributed by atoms with E-state index in [1.807, 2.05) is 64.0 Å². The highest BCUT2D eigenvalue weighted by atomic mass is 16.5. The second kappa shape index (κ2) is 7.34. The summed E-state index contributed by atoms with van der Waals surface area (Å²) in [4.78, 5) is 29.3. The van der Waals surface area contributed by atoms with Crippen LogP contribution in [0.5, 0.6) is 5.75 Å². The molecule has 0 aliphatic carbocycles. The van der Waals surface area contributed by atoms with E-state index in [-0.39, 0.29) is 17.2 Å². The molecule has 0 atom stereocenters. The van der Waals surface area contributed by atoms with Crippen molar-refractivity contribution in [2.45, 2.75) is 25.8 Å². The Balaban J connectivity index is 1.39. The topological polar surface area (TPSA) is 54.8 Å². The third-order valence-corrected chi connectivity index (χ3v) is 6.19. The molecule has 1 spiro atoms. The molecule has 1 aromatic heterocycles. The summed E-state index contributed by atoms with van der Waals surface area (Å²) in [5, 5.41) is 0. The van der Waals surface area contributed by atoms with Gasteiger partial charge in [-0.25, -0.2) is 0 Å². The average Bonchev–Trinajstić information content (AvgIpc) is 3.25. The van der Waals surface area contributed by atoms with Crippen molar-refractivity contribution >= 4 is 11.8 Å². The van der Waals surface area contributed by atoms with Crippen molar-refractivity contribution in [2.24, 2.45) is 12.5 Å². The highest BCUT2D eigenvalue weighted by Gasteiger charge is 2.45. The lowest BCUT2D eigenvalue weighted by Crippen LogP contribution is -2.44. The molecule has 0 N–H and O–H groups in total. The van der Waals surface area contributed by atoms with Crippen LogP contribution in [-0.4, -0.2) is 52.9 Å². The second-order valence-corrected chi connectivity index (χ2v) is 8.07. The highest BCUT2D eigenvalue weighted by Crippen LogP contribution is 2.41. The van der Waals surface area contributed by atoms with Gasteiger partial charge in [0.1, 0.15) is 11.4 Å². The third-order valence-electron chi connectivity index (χ3n) is 6.19. The number of carbonyl (C=O) groups is 2. The van der Waals surface area contributed by atoms with Gasteiger partial charge in [-0.15, -0.1) is 0 Å². The van der Waals surface area contributed by atoms with Crippen molar-refractivity contribution in [2.75, 3.05) is 26.7 Å². The van der Waals surface area contributed by atoms with Crippen LogP contribution in [0.2, 0.25) is 0 Å². The predicted molar refractivity (Wildman–Crippen MR) is 106 cm³/mol. The molecule has 1 aromatic carbocycles. The highest BCUT2D eigenvalue weighted by molar-refractivity contribution is 5.92. The summed E-state index contributed by atoms with van der Waals surface area (Å²) in [5.74, 6) is 1.11. The van der Waals surface area contributed by atoms with Crippen molar-refractivity contribution in [1.82, 2.24) is 14.4 Å². The Morgan fingerprint density at radius 1 is 1.18 bits per heavy atom. The van der Waals surface area contributed by atoms with E-state index < -0.39 is 0 Å². The van der Waals surface area contributed by atoms with Gasteiger partial charge in [0, 0.05) is 51.3 Å². The number of methoxy groups -OCH3 is 1. The number of likely N-dealkylation sites (tertiary alicyclic amines) is 2. The molecule has 2 aliphatic heterocycles. The van der Waals surface area contributed by atoms with E-state index in [0.717, 1.165) is 36.4 Å². The first-order valence-corrected chi connectivity index (χ1v) is 9.81. The minimum Gasteiger partial charge on any atom is -0.497 e. The van der Waals surface area contributed by atoms with Crippen LogP contribution in [0.4, 0.5) is 0 Å². The quantitative estimate of drug-likeness (QED) is 0.818. The van der Waals surface area contributed by atoms with Gasteiger partial charge in [0.25, 0.3) is 5.91 Å². The number of hydrogen-bond donors (Lipinski definition) is 0. The molecule has 2 saturated heterocycles. The van der Waals surface area contributed by atoms with Gasteiger partial charge in [-0.1, -0.05) is 12.1 Å². The number of aromatic nitrogens is 1. The van der Waals surface area contributed by atoms with Crippen LogP contribution in [0.1, 0.15) is 35.3 Å². The zero-order valence-electron chi connectivity index (χ0n) is 16.6. The molecular weight excluding hydrogens is 354 g/mol. The molecule has 2 amide bonds. The normalized spacial score (nSPS) is 18.7. The SMILES string of the molecule is COc1cccc(CN2CC3(CCN(C(=O)c4cccn4C)CC3)CC2=O)c1. The number of hydrogen-bond acceptors (Lipinski definition) is 3. The number of amides is 2. The molecule has 2 fully saturated rings. The average molecular weight is 381 g/mol. The molecule has 6 heteroatoms. The number of ether oxygens (including phenoxy) is 1. The van der Waals surface area contributed by atoms with E-state index in [1.165, 1.54) is 0 Å². The molecule has 4 rings (SSSR count). The third kappa shape index (κ3) is 3.51. The fourth-order valence-electron chi connectivity index (χ4n) is 4.48. The smallest absolute Gasteiger partial charge is 0.270 e. The first kappa shape index (κ1) is 18.6. The lowest BCUT2D eigenvalue weighted by molar-refractivity contribution is -0.128. The summed E-state index contributed by atoms with van der Waals surface area (Å²) in [6.45, 7) is 2.81. The molecule has 148 valence electrons. The second-order valence-electron chi connectivity index (χ2n) is 8.07. The maximum absolute atomic E-state index is 12.7. The maximum Gasteiger partial charge on any atom is 0.270 e. The Labute approximate surface area is 165 Å². The van der Waals surface area contributed by atoms with Crippen LogP contribution < -0.4 is 4.74 Å². The monoisotopic (exact) mass is 381 g/mol. The van der Waals surface area contributed by atoms with Gasteiger partial charge >= 0.3 is 0 Å². The van der Waals surface area contributed by atoms with Crippen LogP contribution >= 0.6 is 0 Å². The minimum atomic E-state index is 0.000931. The van der Waals surface area contributed by atoms with Crippen LogP contribution in [0.25, 0.3) is 0 Å². The molecule has 0 bridgehead atoms. The van der Waals surface area contributed by atoms with E-state index in [9.17, 15) is 9.59 Å². The Bertz CT molecular complexity index is 881. The van der Waals surface area contributed by atoms with Crippen LogP contribution in [-0.2, 0) is 18.4 Å². The number of nitrogens with zero attached hydrogens (tertiary/aromatic N) is 3. The Morgan fingerprint density at radius 3 is 2.64 bits per heavy atom. The number of benzene rings is 1. The lowest BCUT2D eigenvalue weighted by Gasteiger charge is -2.38. The standard InChI is InChI=1S/C22H27N3O3/c1-23-10-4-7-19(23)21(27)24-11-8-22(9-12-24)14-20(26)25(16-22)15-17-5-3-6-18(13-17)28-2/h3-7,10,13H,8-9,11-12,14-16H2,1-2H3.